The minimum atomic E-state index is -0.439. The molecule has 0 amide bonds. The van der Waals surface area contributed by atoms with Crippen molar-refractivity contribution in [2.24, 2.45) is 0 Å². The van der Waals surface area contributed by atoms with Crippen LogP contribution in [0, 0.1) is 6.92 Å². The quantitative estimate of drug-likeness (QED) is 0.864. The standard InChI is InChI=1S/C15H20O2/c1-11-5-6-14(17-13-3-2-4-13)12(9-11)10-15(16)7-8-15/h5-6,9,13,16H,2-4,7-8,10H2,1H3. The van der Waals surface area contributed by atoms with E-state index in [1.807, 2.05) is 0 Å². The van der Waals surface area contributed by atoms with Crippen LogP contribution in [0.3, 0.4) is 0 Å². The van der Waals surface area contributed by atoms with Crippen LogP contribution in [0.2, 0.25) is 0 Å². The third kappa shape index (κ3) is 2.47. The highest BCUT2D eigenvalue weighted by Gasteiger charge is 2.41. The summed E-state index contributed by atoms with van der Waals surface area (Å²) in [5.74, 6) is 0.987. The lowest BCUT2D eigenvalue weighted by Crippen LogP contribution is -2.25. The maximum atomic E-state index is 10.0. The Morgan fingerprint density at radius 1 is 1.35 bits per heavy atom. The molecule has 0 atom stereocenters. The molecule has 0 aliphatic heterocycles. The van der Waals surface area contributed by atoms with Crippen LogP contribution in [0.5, 0.6) is 5.75 Å². The van der Waals surface area contributed by atoms with E-state index >= 15 is 0 Å². The summed E-state index contributed by atoms with van der Waals surface area (Å²) in [4.78, 5) is 0. The highest BCUT2D eigenvalue weighted by Crippen LogP contribution is 2.40. The summed E-state index contributed by atoms with van der Waals surface area (Å²) in [5, 5.41) is 10.0. The Balaban J connectivity index is 1.79. The molecule has 0 heterocycles. The lowest BCUT2D eigenvalue weighted by molar-refractivity contribution is 0.114. The Kier molecular flexibility index (Phi) is 2.62. The van der Waals surface area contributed by atoms with E-state index in [4.69, 9.17) is 4.74 Å². The third-order valence-electron chi connectivity index (χ3n) is 3.91. The number of ether oxygens (including phenoxy) is 1. The fourth-order valence-electron chi connectivity index (χ4n) is 2.31. The molecule has 2 saturated carbocycles. The van der Waals surface area contributed by atoms with Gasteiger partial charge in [0.15, 0.2) is 0 Å². The molecule has 0 saturated heterocycles. The normalized spacial score (nSPS) is 22.0. The van der Waals surface area contributed by atoms with Crippen LogP contribution in [-0.2, 0) is 6.42 Å². The molecular formula is C15H20O2. The molecule has 17 heavy (non-hydrogen) atoms. The molecule has 92 valence electrons. The van der Waals surface area contributed by atoms with E-state index in [-0.39, 0.29) is 0 Å². The van der Waals surface area contributed by atoms with Crippen LogP contribution in [0.4, 0.5) is 0 Å². The van der Waals surface area contributed by atoms with Crippen molar-refractivity contribution in [3.63, 3.8) is 0 Å². The van der Waals surface area contributed by atoms with Gasteiger partial charge in [-0.1, -0.05) is 17.7 Å². The smallest absolute Gasteiger partial charge is 0.123 e. The summed E-state index contributed by atoms with van der Waals surface area (Å²) < 4.78 is 6.00. The number of hydrogen-bond donors (Lipinski definition) is 1. The number of aliphatic hydroxyl groups is 1. The van der Waals surface area contributed by atoms with Gasteiger partial charge in [-0.25, -0.2) is 0 Å². The topological polar surface area (TPSA) is 29.5 Å². The van der Waals surface area contributed by atoms with Crippen molar-refractivity contribution in [1.29, 1.82) is 0 Å². The minimum Gasteiger partial charge on any atom is -0.490 e. The molecule has 2 nitrogen and oxygen atoms in total. The molecule has 0 aromatic heterocycles. The largest absolute Gasteiger partial charge is 0.490 e. The zero-order valence-corrected chi connectivity index (χ0v) is 10.4. The second kappa shape index (κ2) is 4.02. The molecule has 0 unspecified atom stereocenters. The number of benzene rings is 1. The zero-order chi connectivity index (χ0) is 11.9. The summed E-state index contributed by atoms with van der Waals surface area (Å²) >= 11 is 0. The fourth-order valence-corrected chi connectivity index (χ4v) is 2.31. The number of hydrogen-bond acceptors (Lipinski definition) is 2. The third-order valence-corrected chi connectivity index (χ3v) is 3.91. The zero-order valence-electron chi connectivity index (χ0n) is 10.4. The van der Waals surface area contributed by atoms with Gasteiger partial charge >= 0.3 is 0 Å². The number of rotatable bonds is 4. The van der Waals surface area contributed by atoms with Crippen LogP contribution in [-0.4, -0.2) is 16.8 Å². The molecule has 1 N–H and O–H groups in total. The van der Waals surface area contributed by atoms with Crippen molar-refractivity contribution in [2.45, 2.75) is 57.2 Å². The number of aryl methyl sites for hydroxylation is 1. The van der Waals surface area contributed by atoms with Gasteiger partial charge in [-0.15, -0.1) is 0 Å². The molecule has 2 aliphatic carbocycles. The maximum absolute atomic E-state index is 10.0. The molecule has 1 aromatic rings. The Morgan fingerprint density at radius 3 is 2.71 bits per heavy atom. The second-order valence-electron chi connectivity index (χ2n) is 5.68. The summed E-state index contributed by atoms with van der Waals surface area (Å²) in [6.45, 7) is 2.09. The first-order valence-corrected chi connectivity index (χ1v) is 6.63. The second-order valence-corrected chi connectivity index (χ2v) is 5.68. The highest BCUT2D eigenvalue weighted by molar-refractivity contribution is 5.38. The van der Waals surface area contributed by atoms with Crippen molar-refractivity contribution in [2.75, 3.05) is 0 Å². The first-order chi connectivity index (χ1) is 8.15. The van der Waals surface area contributed by atoms with Crippen LogP contribution in [0.15, 0.2) is 18.2 Å². The van der Waals surface area contributed by atoms with Crippen molar-refractivity contribution in [1.82, 2.24) is 0 Å². The fraction of sp³-hybridized carbons (Fsp3) is 0.600. The van der Waals surface area contributed by atoms with E-state index in [0.717, 1.165) is 25.0 Å². The summed E-state index contributed by atoms with van der Waals surface area (Å²) in [6, 6.07) is 6.31. The average molecular weight is 232 g/mol. The van der Waals surface area contributed by atoms with Gasteiger partial charge in [-0.2, -0.15) is 0 Å². The average Bonchev–Trinajstić information content (AvgIpc) is 2.92. The van der Waals surface area contributed by atoms with Crippen molar-refractivity contribution in [3.8, 4) is 5.75 Å². The molecule has 3 rings (SSSR count). The van der Waals surface area contributed by atoms with Gasteiger partial charge in [-0.05, 0) is 50.7 Å². The lowest BCUT2D eigenvalue weighted by atomic mass is 9.95. The molecule has 2 aliphatic rings. The van der Waals surface area contributed by atoms with Gasteiger partial charge in [0, 0.05) is 6.42 Å². The Labute approximate surface area is 103 Å². The first kappa shape index (κ1) is 11.1. The van der Waals surface area contributed by atoms with E-state index in [9.17, 15) is 5.11 Å². The lowest BCUT2D eigenvalue weighted by Gasteiger charge is -2.28. The molecule has 2 fully saturated rings. The summed E-state index contributed by atoms with van der Waals surface area (Å²) in [5.41, 5.74) is 1.98. The van der Waals surface area contributed by atoms with Gasteiger partial charge in [0.05, 0.1) is 11.7 Å². The van der Waals surface area contributed by atoms with Crippen molar-refractivity contribution < 1.29 is 9.84 Å². The Morgan fingerprint density at radius 2 is 2.12 bits per heavy atom. The first-order valence-electron chi connectivity index (χ1n) is 6.63. The maximum Gasteiger partial charge on any atom is 0.123 e. The molecule has 1 aromatic carbocycles. The van der Waals surface area contributed by atoms with Gasteiger partial charge in [0.2, 0.25) is 0 Å². The van der Waals surface area contributed by atoms with Crippen LogP contribution in [0.1, 0.15) is 43.2 Å². The van der Waals surface area contributed by atoms with E-state index < -0.39 is 5.60 Å². The van der Waals surface area contributed by atoms with Gasteiger partial charge in [0.1, 0.15) is 5.75 Å². The van der Waals surface area contributed by atoms with Gasteiger partial charge < -0.3 is 9.84 Å². The molecule has 0 bridgehead atoms. The van der Waals surface area contributed by atoms with Gasteiger partial charge in [0.25, 0.3) is 0 Å². The SMILES string of the molecule is Cc1ccc(OC2CCC2)c(CC2(O)CC2)c1. The minimum absolute atomic E-state index is 0.408. The predicted molar refractivity (Wildman–Crippen MR) is 67.3 cm³/mol. The molecule has 0 radical (unpaired) electrons. The van der Waals surface area contributed by atoms with E-state index in [2.05, 4.69) is 25.1 Å². The highest BCUT2D eigenvalue weighted by atomic mass is 16.5. The summed E-state index contributed by atoms with van der Waals surface area (Å²) in [6.07, 6.45) is 6.67. The molecular weight excluding hydrogens is 212 g/mol. The van der Waals surface area contributed by atoms with Crippen LogP contribution >= 0.6 is 0 Å². The van der Waals surface area contributed by atoms with Crippen molar-refractivity contribution >= 4 is 0 Å². The van der Waals surface area contributed by atoms with E-state index in [1.54, 1.807) is 0 Å². The van der Waals surface area contributed by atoms with E-state index in [0.29, 0.717) is 6.10 Å². The molecule has 2 heteroatoms. The Hall–Kier alpha value is -1.02. The van der Waals surface area contributed by atoms with Crippen molar-refractivity contribution in [3.05, 3.63) is 29.3 Å². The van der Waals surface area contributed by atoms with Gasteiger partial charge in [-0.3, -0.25) is 0 Å². The molecule has 0 spiro atoms. The summed E-state index contributed by atoms with van der Waals surface area (Å²) in [7, 11) is 0. The monoisotopic (exact) mass is 232 g/mol. The van der Waals surface area contributed by atoms with Crippen LogP contribution < -0.4 is 4.74 Å². The van der Waals surface area contributed by atoms with E-state index in [1.165, 1.54) is 30.4 Å². The predicted octanol–water partition coefficient (Wildman–Crippen LogP) is 2.99. The van der Waals surface area contributed by atoms with Crippen LogP contribution in [0.25, 0.3) is 0 Å². The Bertz CT molecular complexity index is 417.